The molecule has 0 radical (unpaired) electrons. The summed E-state index contributed by atoms with van der Waals surface area (Å²) in [5, 5.41) is 10.1. The summed E-state index contributed by atoms with van der Waals surface area (Å²) in [4.78, 5) is 10.4. The van der Waals surface area contributed by atoms with Gasteiger partial charge in [0.1, 0.15) is 6.02 Å². The number of nitrogens with one attached hydrogen (secondary N) is 1. The molecule has 3 heteroatoms. The van der Waals surface area contributed by atoms with E-state index in [0.29, 0.717) is 0 Å². The second-order valence-corrected chi connectivity index (χ2v) is 1.06. The van der Waals surface area contributed by atoms with E-state index in [-0.39, 0.29) is 0 Å². The molecule has 0 amide bonds. The molecule has 1 heterocycles. The summed E-state index contributed by atoms with van der Waals surface area (Å²) in [5.74, 6) is -1.72. The van der Waals surface area contributed by atoms with Crippen LogP contribution in [0, 0.1) is 0 Å². The number of carboxylic acid groups (broad SMARTS) is 1. The van der Waals surface area contributed by atoms with Crippen LogP contribution < -0.4 is 5.32 Å². The maximum absolute atomic E-state index is 10.4. The molecule has 0 aliphatic carbocycles. The topological polar surface area (TPSA) is 49.3 Å². The summed E-state index contributed by atoms with van der Waals surface area (Å²) < 4.78 is 34.9. The Bertz CT molecular complexity index is 242. The molecule has 0 aromatic carbocycles. The van der Waals surface area contributed by atoms with E-state index in [4.69, 9.17) is 12.0 Å². The van der Waals surface area contributed by atoms with Gasteiger partial charge in [0.05, 0.1) is 1.37 Å². The third kappa shape index (κ3) is 0.718. The average molecular weight is 106 g/mol. The van der Waals surface area contributed by atoms with E-state index in [1.165, 1.54) is 0 Å². The molecule has 0 saturated carbocycles. The molecule has 7 heavy (non-hydrogen) atoms. The Morgan fingerprint density at radius 1 is 2.29 bits per heavy atom. The van der Waals surface area contributed by atoms with Gasteiger partial charge in [-0.25, -0.2) is 0 Å². The minimum atomic E-state index is -2.72. The zero-order valence-corrected chi connectivity index (χ0v) is 3.36. The molecule has 0 spiro atoms. The fourth-order valence-corrected chi connectivity index (χ4v) is 0.232. The Morgan fingerprint density at radius 2 is 3.00 bits per heavy atom. The van der Waals surface area contributed by atoms with Crippen molar-refractivity contribution in [3.8, 4) is 0 Å². The lowest BCUT2D eigenvalue weighted by atomic mass is 10.1. The van der Waals surface area contributed by atoms with Crippen LogP contribution in [0.1, 0.15) is 13.2 Å². The van der Waals surface area contributed by atoms with Crippen LogP contribution in [0.15, 0.2) is 0 Å². The monoisotopic (exact) mass is 106 g/mol. The van der Waals surface area contributed by atoms with Gasteiger partial charge in [0, 0.05) is 5.48 Å². The first-order valence-corrected chi connectivity index (χ1v) is 1.68. The van der Waals surface area contributed by atoms with Crippen molar-refractivity contribution in [2.45, 2.75) is 12.4 Å². The molecule has 1 rings (SSSR count). The van der Waals surface area contributed by atoms with Gasteiger partial charge >= 0.3 is 5.97 Å². The zero-order chi connectivity index (χ0) is 9.78. The fourth-order valence-electron chi connectivity index (χ4n) is 0.232. The quantitative estimate of drug-likeness (QED) is 0.470. The molecule has 1 unspecified atom stereocenters. The number of hydrogen-bond acceptors (Lipinski definition) is 2. The van der Waals surface area contributed by atoms with Gasteiger partial charge in [-0.2, -0.15) is 0 Å². The maximum Gasteiger partial charge on any atom is 0.320 e. The van der Waals surface area contributed by atoms with Crippen LogP contribution in [0.3, 0.4) is 0 Å². The summed E-state index contributed by atoms with van der Waals surface area (Å²) >= 11 is 0. The third-order valence-corrected chi connectivity index (χ3v) is 0.589. The van der Waals surface area contributed by atoms with Crippen LogP contribution in [-0.2, 0) is 4.79 Å². The van der Waals surface area contributed by atoms with E-state index in [0.717, 1.165) is 0 Å². The zero-order valence-electron chi connectivity index (χ0n) is 8.36. The minimum absolute atomic E-state index is 1.71. The van der Waals surface area contributed by atoms with Gasteiger partial charge in [-0.15, -0.1) is 0 Å². The summed E-state index contributed by atoms with van der Waals surface area (Å²) in [7, 11) is 0. The first-order valence-electron chi connectivity index (χ1n) is 4.18. The smallest absolute Gasteiger partial charge is 0.320 e. The SMILES string of the molecule is [2H]C1([2H])NC([2H])(C(=O)O)C1([2H])[2H]. The Labute approximate surface area is 48.4 Å². The Kier molecular flexibility index (Phi) is 0.311. The van der Waals surface area contributed by atoms with Crippen molar-refractivity contribution in [1.82, 2.24) is 5.32 Å². The van der Waals surface area contributed by atoms with Crippen molar-refractivity contribution < 1.29 is 16.8 Å². The van der Waals surface area contributed by atoms with Gasteiger partial charge in [-0.3, -0.25) is 4.79 Å². The molecular weight excluding hydrogens is 94.0 g/mol. The van der Waals surface area contributed by atoms with Gasteiger partial charge in [0.2, 0.25) is 0 Å². The highest BCUT2D eigenvalue weighted by atomic mass is 16.4. The van der Waals surface area contributed by atoms with Crippen molar-refractivity contribution in [2.24, 2.45) is 0 Å². The largest absolute Gasteiger partial charge is 0.480 e. The van der Waals surface area contributed by atoms with E-state index < -0.39 is 24.9 Å². The van der Waals surface area contributed by atoms with E-state index in [9.17, 15) is 4.79 Å². The molecule has 0 bridgehead atoms. The summed E-state index contributed by atoms with van der Waals surface area (Å²) in [5.41, 5.74) is 0. The molecule has 0 aromatic heterocycles. The lowest BCUT2D eigenvalue weighted by molar-refractivity contribution is -0.141. The molecule has 1 aliphatic heterocycles. The lowest BCUT2D eigenvalue weighted by Gasteiger charge is -2.22. The van der Waals surface area contributed by atoms with Crippen molar-refractivity contribution >= 4 is 5.97 Å². The highest BCUT2D eigenvalue weighted by molar-refractivity contribution is 5.74. The van der Waals surface area contributed by atoms with Crippen molar-refractivity contribution in [3.63, 3.8) is 0 Å². The van der Waals surface area contributed by atoms with Crippen LogP contribution in [0.25, 0.3) is 0 Å². The van der Waals surface area contributed by atoms with Crippen LogP contribution >= 0.6 is 0 Å². The summed E-state index contributed by atoms with van der Waals surface area (Å²) in [6.07, 6.45) is -2.72. The molecule has 3 nitrogen and oxygen atoms in total. The number of hydrogen-bond donors (Lipinski definition) is 2. The Balaban J connectivity index is 2.99. The second kappa shape index (κ2) is 1.50. The van der Waals surface area contributed by atoms with Crippen LogP contribution in [0.5, 0.6) is 0 Å². The lowest BCUT2D eigenvalue weighted by Crippen LogP contribution is -2.48. The van der Waals surface area contributed by atoms with Crippen molar-refractivity contribution in [2.75, 3.05) is 6.50 Å². The molecule has 1 atom stereocenters. The number of rotatable bonds is 1. The predicted octanol–water partition coefficient (Wildman–Crippen LogP) is -0.567. The molecular formula is C4H7NO2. The highest BCUT2D eigenvalue weighted by Gasteiger charge is 2.22. The van der Waals surface area contributed by atoms with Crippen LogP contribution in [0.2, 0.25) is 0 Å². The van der Waals surface area contributed by atoms with Crippen molar-refractivity contribution in [1.29, 1.82) is 0 Å². The first kappa shape index (κ1) is 1.45. The van der Waals surface area contributed by atoms with Gasteiger partial charge in [-0.1, -0.05) is 0 Å². The van der Waals surface area contributed by atoms with Gasteiger partial charge in [0.15, 0.2) is 0 Å². The Hall–Kier alpha value is -0.570. The minimum Gasteiger partial charge on any atom is -0.480 e. The maximum atomic E-state index is 10.4. The van der Waals surface area contributed by atoms with E-state index >= 15 is 0 Å². The number of aliphatic carboxylic acids is 1. The molecule has 1 aliphatic rings. The molecule has 2 N–H and O–H groups in total. The van der Waals surface area contributed by atoms with Crippen molar-refractivity contribution in [3.05, 3.63) is 0 Å². The number of carbonyl (C=O) groups is 1. The van der Waals surface area contributed by atoms with Gasteiger partial charge in [-0.05, 0) is 12.9 Å². The molecule has 1 fully saturated rings. The summed E-state index contributed by atoms with van der Waals surface area (Å²) in [6.45, 7) is -2.45. The van der Waals surface area contributed by atoms with E-state index in [1.807, 2.05) is 0 Å². The number of carboxylic acids is 1. The Morgan fingerprint density at radius 3 is 3.14 bits per heavy atom. The van der Waals surface area contributed by atoms with Gasteiger partial charge in [0.25, 0.3) is 0 Å². The average Bonchev–Trinajstić information content (AvgIpc) is 1.85. The van der Waals surface area contributed by atoms with Crippen LogP contribution in [0.4, 0.5) is 0 Å². The van der Waals surface area contributed by atoms with E-state index in [2.05, 4.69) is 0 Å². The normalized spacial score (nSPS) is 64.3. The van der Waals surface area contributed by atoms with E-state index in [1.54, 1.807) is 5.32 Å². The summed E-state index contributed by atoms with van der Waals surface area (Å²) in [6, 6.07) is -2.57. The highest BCUT2D eigenvalue weighted by Crippen LogP contribution is 1.99. The second-order valence-electron chi connectivity index (χ2n) is 1.06. The fraction of sp³-hybridized carbons (Fsp3) is 0.750. The molecule has 0 aromatic rings. The third-order valence-electron chi connectivity index (χ3n) is 0.589. The molecule has 40 valence electrons. The van der Waals surface area contributed by atoms with Gasteiger partial charge < -0.3 is 10.4 Å². The van der Waals surface area contributed by atoms with Crippen LogP contribution in [-0.4, -0.2) is 23.6 Å². The molecule has 1 saturated heterocycles. The predicted molar refractivity (Wildman–Crippen MR) is 24.0 cm³/mol. The first-order chi connectivity index (χ1) is 5.15. The standard InChI is InChI=1S/C4H7NO2/c6-4(7)3-1-2-5-3/h3,5H,1-2H2,(H,6,7)/i1D2,2D2,3D.